The Morgan fingerprint density at radius 2 is 2.05 bits per heavy atom. The molecule has 1 aliphatic rings. The maximum atomic E-state index is 11.4. The van der Waals surface area contributed by atoms with E-state index in [1.807, 2.05) is 6.92 Å². The Morgan fingerprint density at radius 1 is 1.40 bits per heavy atom. The second-order valence-corrected chi connectivity index (χ2v) is 7.48. The Hall–Kier alpha value is -1.47. The molecule has 7 heteroatoms. The van der Waals surface area contributed by atoms with Crippen molar-refractivity contribution in [3.05, 3.63) is 39.9 Å². The zero-order chi connectivity index (χ0) is 14.8. The van der Waals surface area contributed by atoms with Crippen LogP contribution in [0.2, 0.25) is 0 Å². The number of rotatable bonds is 5. The number of nitro benzene ring substituents is 1. The van der Waals surface area contributed by atoms with Gasteiger partial charge in [-0.15, -0.1) is 0 Å². The van der Waals surface area contributed by atoms with Gasteiger partial charge in [0.1, 0.15) is 0 Å². The molecule has 0 amide bonds. The fraction of sp³-hybridized carbons (Fsp3) is 0.538. The van der Waals surface area contributed by atoms with Crippen molar-refractivity contribution in [3.63, 3.8) is 0 Å². The van der Waals surface area contributed by atoms with Gasteiger partial charge in [0.15, 0.2) is 9.84 Å². The van der Waals surface area contributed by atoms with E-state index in [0.717, 1.165) is 5.56 Å². The standard InChI is InChI=1S/C13H18N2O4S/c1-10(12-2-4-13(5-3-12)15(16)17)14-8-11-6-7-20(18,19)9-11/h2-5,10-11,14H,6-9H2,1H3. The van der Waals surface area contributed by atoms with Gasteiger partial charge >= 0.3 is 0 Å². The highest BCUT2D eigenvalue weighted by atomic mass is 32.2. The first kappa shape index (κ1) is 14.9. The normalized spacial score (nSPS) is 22.6. The van der Waals surface area contributed by atoms with Gasteiger partial charge in [0.2, 0.25) is 0 Å². The van der Waals surface area contributed by atoms with E-state index in [1.165, 1.54) is 12.1 Å². The van der Waals surface area contributed by atoms with Crippen LogP contribution in [-0.2, 0) is 9.84 Å². The van der Waals surface area contributed by atoms with Crippen molar-refractivity contribution < 1.29 is 13.3 Å². The fourth-order valence-electron chi connectivity index (χ4n) is 2.38. The van der Waals surface area contributed by atoms with E-state index in [2.05, 4.69) is 5.32 Å². The van der Waals surface area contributed by atoms with Crippen molar-refractivity contribution in [2.45, 2.75) is 19.4 Å². The van der Waals surface area contributed by atoms with Crippen LogP contribution in [0, 0.1) is 16.0 Å². The molecule has 1 aromatic carbocycles. The van der Waals surface area contributed by atoms with E-state index < -0.39 is 14.8 Å². The summed E-state index contributed by atoms with van der Waals surface area (Å²) in [6.45, 7) is 2.61. The van der Waals surface area contributed by atoms with Crippen molar-refractivity contribution >= 4 is 15.5 Å². The van der Waals surface area contributed by atoms with Crippen LogP contribution in [0.3, 0.4) is 0 Å². The van der Waals surface area contributed by atoms with E-state index in [-0.39, 0.29) is 29.2 Å². The molecule has 6 nitrogen and oxygen atoms in total. The largest absolute Gasteiger partial charge is 0.310 e. The quantitative estimate of drug-likeness (QED) is 0.660. The van der Waals surface area contributed by atoms with E-state index in [4.69, 9.17) is 0 Å². The van der Waals surface area contributed by atoms with Crippen molar-refractivity contribution in [3.8, 4) is 0 Å². The number of benzene rings is 1. The highest BCUT2D eigenvalue weighted by Crippen LogP contribution is 2.20. The number of nitro groups is 1. The molecule has 1 fully saturated rings. The lowest BCUT2D eigenvalue weighted by molar-refractivity contribution is -0.384. The number of hydrogen-bond donors (Lipinski definition) is 1. The second-order valence-electron chi connectivity index (χ2n) is 5.25. The highest BCUT2D eigenvalue weighted by Gasteiger charge is 2.27. The summed E-state index contributed by atoms with van der Waals surface area (Å²) in [7, 11) is -2.84. The molecule has 2 atom stereocenters. The van der Waals surface area contributed by atoms with Gasteiger partial charge in [-0.2, -0.15) is 0 Å². The van der Waals surface area contributed by atoms with Gasteiger partial charge in [0, 0.05) is 18.2 Å². The second kappa shape index (κ2) is 5.88. The first-order chi connectivity index (χ1) is 9.37. The Balaban J connectivity index is 1.89. The molecular formula is C13H18N2O4S. The molecule has 0 saturated carbocycles. The van der Waals surface area contributed by atoms with Crippen LogP contribution in [-0.4, -0.2) is 31.4 Å². The molecule has 0 aliphatic carbocycles. The number of nitrogens with zero attached hydrogens (tertiary/aromatic N) is 1. The fourth-order valence-corrected chi connectivity index (χ4v) is 4.24. The van der Waals surface area contributed by atoms with Crippen LogP contribution in [0.4, 0.5) is 5.69 Å². The van der Waals surface area contributed by atoms with Crippen molar-refractivity contribution in [2.75, 3.05) is 18.1 Å². The van der Waals surface area contributed by atoms with Gasteiger partial charge in [-0.05, 0) is 31.4 Å². The molecule has 2 rings (SSSR count). The monoisotopic (exact) mass is 298 g/mol. The molecule has 20 heavy (non-hydrogen) atoms. The van der Waals surface area contributed by atoms with Crippen LogP contribution in [0.15, 0.2) is 24.3 Å². The van der Waals surface area contributed by atoms with E-state index in [9.17, 15) is 18.5 Å². The predicted octanol–water partition coefficient (Wildman–Crippen LogP) is 1.68. The average Bonchev–Trinajstić information content (AvgIpc) is 2.75. The van der Waals surface area contributed by atoms with Gasteiger partial charge in [0.25, 0.3) is 5.69 Å². The molecule has 1 N–H and O–H groups in total. The van der Waals surface area contributed by atoms with Crippen molar-refractivity contribution in [1.82, 2.24) is 5.32 Å². The summed E-state index contributed by atoms with van der Waals surface area (Å²) in [5, 5.41) is 13.9. The minimum atomic E-state index is -2.84. The first-order valence-corrected chi connectivity index (χ1v) is 8.38. The molecule has 0 radical (unpaired) electrons. The first-order valence-electron chi connectivity index (χ1n) is 6.55. The molecular weight excluding hydrogens is 280 g/mol. The number of non-ortho nitro benzene ring substituents is 1. The predicted molar refractivity (Wildman–Crippen MR) is 76.3 cm³/mol. The smallest absolute Gasteiger partial charge is 0.269 e. The zero-order valence-corrected chi connectivity index (χ0v) is 12.1. The summed E-state index contributed by atoms with van der Waals surface area (Å²) < 4.78 is 22.7. The third-order valence-electron chi connectivity index (χ3n) is 3.64. The summed E-state index contributed by atoms with van der Waals surface area (Å²) in [5.41, 5.74) is 1.03. The molecule has 1 saturated heterocycles. The minimum absolute atomic E-state index is 0.0408. The van der Waals surface area contributed by atoms with Crippen LogP contribution in [0.25, 0.3) is 0 Å². The maximum absolute atomic E-state index is 11.4. The molecule has 1 aromatic rings. The van der Waals surface area contributed by atoms with Crippen LogP contribution < -0.4 is 5.32 Å². The summed E-state index contributed by atoms with van der Waals surface area (Å²) in [6.07, 6.45) is 0.711. The molecule has 2 unspecified atom stereocenters. The van der Waals surface area contributed by atoms with Crippen molar-refractivity contribution in [1.29, 1.82) is 0 Å². The Morgan fingerprint density at radius 3 is 2.55 bits per heavy atom. The molecule has 1 heterocycles. The van der Waals surface area contributed by atoms with E-state index >= 15 is 0 Å². The van der Waals surface area contributed by atoms with Gasteiger partial charge in [-0.25, -0.2) is 8.42 Å². The molecule has 0 aromatic heterocycles. The third-order valence-corrected chi connectivity index (χ3v) is 5.48. The maximum Gasteiger partial charge on any atom is 0.269 e. The molecule has 0 bridgehead atoms. The third kappa shape index (κ3) is 3.77. The Bertz CT molecular complexity index is 583. The summed E-state index contributed by atoms with van der Waals surface area (Å²) in [6, 6.07) is 6.45. The van der Waals surface area contributed by atoms with Gasteiger partial charge in [-0.3, -0.25) is 10.1 Å². The van der Waals surface area contributed by atoms with Crippen LogP contribution >= 0.6 is 0 Å². The van der Waals surface area contributed by atoms with Gasteiger partial charge < -0.3 is 5.32 Å². The molecule has 110 valence electrons. The summed E-state index contributed by atoms with van der Waals surface area (Å²) in [4.78, 5) is 10.2. The highest BCUT2D eigenvalue weighted by molar-refractivity contribution is 7.91. The van der Waals surface area contributed by atoms with Gasteiger partial charge in [-0.1, -0.05) is 12.1 Å². The average molecular weight is 298 g/mol. The number of nitrogens with one attached hydrogen (secondary N) is 1. The lowest BCUT2D eigenvalue weighted by Crippen LogP contribution is -2.26. The number of sulfone groups is 1. The summed E-state index contributed by atoms with van der Waals surface area (Å²) >= 11 is 0. The Labute approximate surface area is 118 Å². The minimum Gasteiger partial charge on any atom is -0.310 e. The lowest BCUT2D eigenvalue weighted by Gasteiger charge is -2.16. The lowest BCUT2D eigenvalue weighted by atomic mass is 10.1. The van der Waals surface area contributed by atoms with Crippen LogP contribution in [0.5, 0.6) is 0 Å². The van der Waals surface area contributed by atoms with Crippen molar-refractivity contribution in [2.24, 2.45) is 5.92 Å². The summed E-state index contributed by atoms with van der Waals surface area (Å²) in [5.74, 6) is 0.707. The van der Waals surface area contributed by atoms with Crippen LogP contribution in [0.1, 0.15) is 24.9 Å². The topological polar surface area (TPSA) is 89.3 Å². The molecule has 0 spiro atoms. The zero-order valence-electron chi connectivity index (χ0n) is 11.3. The molecule has 1 aliphatic heterocycles. The van der Waals surface area contributed by atoms with E-state index in [1.54, 1.807) is 12.1 Å². The van der Waals surface area contributed by atoms with Gasteiger partial charge in [0.05, 0.1) is 16.4 Å². The van der Waals surface area contributed by atoms with E-state index in [0.29, 0.717) is 13.0 Å². The SMILES string of the molecule is CC(NCC1CCS(=O)(=O)C1)c1ccc([N+](=O)[O-])cc1. The number of hydrogen-bond acceptors (Lipinski definition) is 5. The Kier molecular flexibility index (Phi) is 4.39.